The number of hydrogen-bond acceptors (Lipinski definition) is 3. The second kappa shape index (κ2) is 8.49. The first-order valence-corrected chi connectivity index (χ1v) is 9.23. The Labute approximate surface area is 143 Å². The van der Waals surface area contributed by atoms with Crippen molar-refractivity contribution >= 4 is 17.8 Å². The number of carboxylic acid groups (broad SMARTS) is 1. The fraction of sp³-hybridized carbons (Fsp3) is 0.833. The summed E-state index contributed by atoms with van der Waals surface area (Å²) in [6.07, 6.45) is 9.47. The van der Waals surface area contributed by atoms with E-state index in [1.807, 2.05) is 0 Å². The van der Waals surface area contributed by atoms with Gasteiger partial charge in [0.1, 0.15) is 6.04 Å². The van der Waals surface area contributed by atoms with Gasteiger partial charge in [0.05, 0.1) is 12.0 Å². The minimum Gasteiger partial charge on any atom is -0.481 e. The van der Waals surface area contributed by atoms with Crippen LogP contribution in [0.4, 0.5) is 0 Å². The molecule has 2 amide bonds. The molecule has 0 heterocycles. The van der Waals surface area contributed by atoms with Crippen LogP contribution in [-0.4, -0.2) is 34.5 Å². The van der Waals surface area contributed by atoms with Crippen LogP contribution < -0.4 is 10.6 Å². The minimum atomic E-state index is -0.897. The van der Waals surface area contributed by atoms with E-state index in [0.717, 1.165) is 25.7 Å². The molecule has 3 N–H and O–H groups in total. The van der Waals surface area contributed by atoms with Crippen LogP contribution in [-0.2, 0) is 14.4 Å². The minimum absolute atomic E-state index is 0.0541. The quantitative estimate of drug-likeness (QED) is 0.664. The Morgan fingerprint density at radius 2 is 1.71 bits per heavy atom. The van der Waals surface area contributed by atoms with Crippen molar-refractivity contribution in [2.45, 2.75) is 89.1 Å². The largest absolute Gasteiger partial charge is 0.481 e. The second-order valence-electron chi connectivity index (χ2n) is 7.54. The molecule has 1 atom stereocenters. The summed E-state index contributed by atoms with van der Waals surface area (Å²) in [5.74, 6) is -0.827. The van der Waals surface area contributed by atoms with Crippen LogP contribution in [0.15, 0.2) is 0 Å². The molecule has 1 unspecified atom stereocenters. The highest BCUT2D eigenvalue weighted by molar-refractivity contribution is 5.88. The van der Waals surface area contributed by atoms with Gasteiger partial charge in [-0.3, -0.25) is 14.4 Å². The molecule has 6 heteroatoms. The third kappa shape index (κ3) is 5.49. The topological polar surface area (TPSA) is 95.5 Å². The van der Waals surface area contributed by atoms with Crippen LogP contribution >= 0.6 is 0 Å². The number of carbonyl (C=O) groups excluding carboxylic acids is 2. The van der Waals surface area contributed by atoms with E-state index < -0.39 is 17.6 Å². The van der Waals surface area contributed by atoms with Gasteiger partial charge < -0.3 is 15.7 Å². The van der Waals surface area contributed by atoms with E-state index in [1.54, 1.807) is 6.92 Å². The molecule has 0 aromatic carbocycles. The molecule has 0 saturated heterocycles. The molecule has 0 bridgehead atoms. The van der Waals surface area contributed by atoms with E-state index in [0.29, 0.717) is 25.2 Å². The zero-order chi connectivity index (χ0) is 17.6. The Kier molecular flexibility index (Phi) is 6.63. The highest BCUT2D eigenvalue weighted by Gasteiger charge is 2.38. The van der Waals surface area contributed by atoms with Crippen LogP contribution in [0, 0.1) is 5.92 Å². The van der Waals surface area contributed by atoms with Crippen molar-refractivity contribution < 1.29 is 19.5 Å². The number of amides is 2. The van der Waals surface area contributed by atoms with Crippen molar-refractivity contribution in [2.75, 3.05) is 0 Å². The first-order chi connectivity index (χ1) is 11.4. The highest BCUT2D eigenvalue weighted by atomic mass is 16.4. The molecule has 2 saturated carbocycles. The van der Waals surface area contributed by atoms with Crippen molar-refractivity contribution in [1.82, 2.24) is 10.6 Å². The van der Waals surface area contributed by atoms with Gasteiger partial charge in [-0.15, -0.1) is 0 Å². The molecule has 0 spiro atoms. The lowest BCUT2D eigenvalue weighted by atomic mass is 9.87. The SMILES string of the molecule is CC(NC(=O)CC1CCCCC1)C(=O)NC1(CC(=O)O)CCCC1. The number of aliphatic carboxylic acids is 1. The number of carbonyl (C=O) groups is 3. The standard InChI is InChI=1S/C18H30N2O4/c1-13(19-15(21)11-14-7-3-2-4-8-14)17(24)20-18(12-16(22)23)9-5-6-10-18/h13-14H,2-12H2,1H3,(H,19,21)(H,20,24)(H,22,23). The average Bonchev–Trinajstić information content (AvgIpc) is 2.95. The van der Waals surface area contributed by atoms with Crippen LogP contribution in [0.3, 0.4) is 0 Å². The van der Waals surface area contributed by atoms with Crippen molar-refractivity contribution in [1.29, 1.82) is 0 Å². The van der Waals surface area contributed by atoms with Crippen LogP contribution in [0.25, 0.3) is 0 Å². The first-order valence-electron chi connectivity index (χ1n) is 9.23. The number of rotatable bonds is 7. The van der Waals surface area contributed by atoms with E-state index in [1.165, 1.54) is 19.3 Å². The Hall–Kier alpha value is -1.59. The van der Waals surface area contributed by atoms with E-state index >= 15 is 0 Å². The fourth-order valence-corrected chi connectivity index (χ4v) is 4.08. The summed E-state index contributed by atoms with van der Waals surface area (Å²) in [5, 5.41) is 14.8. The fourth-order valence-electron chi connectivity index (χ4n) is 4.08. The van der Waals surface area contributed by atoms with Gasteiger partial charge in [0.15, 0.2) is 0 Å². The molecule has 0 aromatic rings. The summed E-state index contributed by atoms with van der Waals surface area (Å²) < 4.78 is 0. The monoisotopic (exact) mass is 338 g/mol. The molecule has 0 aromatic heterocycles. The normalized spacial score (nSPS) is 21.9. The van der Waals surface area contributed by atoms with E-state index in [2.05, 4.69) is 10.6 Å². The van der Waals surface area contributed by atoms with Gasteiger partial charge in [0, 0.05) is 6.42 Å². The number of nitrogens with one attached hydrogen (secondary N) is 2. The molecule has 0 radical (unpaired) electrons. The lowest BCUT2D eigenvalue weighted by molar-refractivity contribution is -0.139. The Bertz CT molecular complexity index is 466. The van der Waals surface area contributed by atoms with E-state index in [-0.39, 0.29) is 18.2 Å². The second-order valence-corrected chi connectivity index (χ2v) is 7.54. The molecular formula is C18H30N2O4. The van der Waals surface area contributed by atoms with Gasteiger partial charge in [-0.05, 0) is 38.5 Å². The average molecular weight is 338 g/mol. The van der Waals surface area contributed by atoms with Crippen molar-refractivity contribution in [2.24, 2.45) is 5.92 Å². The van der Waals surface area contributed by atoms with Gasteiger partial charge in [-0.2, -0.15) is 0 Å². The van der Waals surface area contributed by atoms with Gasteiger partial charge in [-0.1, -0.05) is 32.1 Å². The molecule has 2 rings (SSSR count). The summed E-state index contributed by atoms with van der Waals surface area (Å²) in [6, 6.07) is -0.632. The molecule has 2 aliphatic rings. The highest BCUT2D eigenvalue weighted by Crippen LogP contribution is 2.32. The summed E-state index contributed by atoms with van der Waals surface area (Å²) in [5.41, 5.74) is -0.648. The summed E-state index contributed by atoms with van der Waals surface area (Å²) in [7, 11) is 0. The van der Waals surface area contributed by atoms with Gasteiger partial charge >= 0.3 is 5.97 Å². The number of carboxylic acids is 1. The third-order valence-corrected chi connectivity index (χ3v) is 5.41. The van der Waals surface area contributed by atoms with Gasteiger partial charge in [-0.25, -0.2) is 0 Å². The Morgan fingerprint density at radius 3 is 2.29 bits per heavy atom. The molecular weight excluding hydrogens is 308 g/mol. The van der Waals surface area contributed by atoms with Gasteiger partial charge in [0.2, 0.25) is 11.8 Å². The Balaban J connectivity index is 1.82. The summed E-state index contributed by atoms with van der Waals surface area (Å²) in [4.78, 5) is 35.6. The third-order valence-electron chi connectivity index (χ3n) is 5.41. The zero-order valence-electron chi connectivity index (χ0n) is 14.6. The van der Waals surface area contributed by atoms with Crippen LogP contribution in [0.2, 0.25) is 0 Å². The maximum Gasteiger partial charge on any atom is 0.305 e. The van der Waals surface area contributed by atoms with E-state index in [4.69, 9.17) is 5.11 Å². The molecule has 2 fully saturated rings. The van der Waals surface area contributed by atoms with Crippen molar-refractivity contribution in [3.63, 3.8) is 0 Å². The predicted molar refractivity (Wildman–Crippen MR) is 90.4 cm³/mol. The maximum absolute atomic E-state index is 12.4. The van der Waals surface area contributed by atoms with E-state index in [9.17, 15) is 14.4 Å². The lowest BCUT2D eigenvalue weighted by Gasteiger charge is -2.30. The first kappa shape index (κ1) is 18.7. The summed E-state index contributed by atoms with van der Waals surface area (Å²) >= 11 is 0. The molecule has 0 aliphatic heterocycles. The summed E-state index contributed by atoms with van der Waals surface area (Å²) in [6.45, 7) is 1.66. The van der Waals surface area contributed by atoms with Crippen molar-refractivity contribution in [3.05, 3.63) is 0 Å². The van der Waals surface area contributed by atoms with Gasteiger partial charge in [0.25, 0.3) is 0 Å². The smallest absolute Gasteiger partial charge is 0.305 e. The molecule has 6 nitrogen and oxygen atoms in total. The molecule has 136 valence electrons. The predicted octanol–water partition coefficient (Wildman–Crippen LogP) is 2.37. The Morgan fingerprint density at radius 1 is 1.08 bits per heavy atom. The van der Waals surface area contributed by atoms with Crippen molar-refractivity contribution in [3.8, 4) is 0 Å². The lowest BCUT2D eigenvalue weighted by Crippen LogP contribution is -2.54. The maximum atomic E-state index is 12.4. The molecule has 24 heavy (non-hydrogen) atoms. The van der Waals surface area contributed by atoms with Crippen LogP contribution in [0.1, 0.15) is 77.6 Å². The number of hydrogen-bond donors (Lipinski definition) is 3. The zero-order valence-corrected chi connectivity index (χ0v) is 14.6. The molecule has 2 aliphatic carbocycles. The van der Waals surface area contributed by atoms with Crippen LogP contribution in [0.5, 0.6) is 0 Å².